The van der Waals surface area contributed by atoms with Crippen LogP contribution < -0.4 is 4.90 Å². The highest BCUT2D eigenvalue weighted by atomic mass is 16.5. The molecular formula is C32H36N6O. The number of aromatic nitrogens is 4. The van der Waals surface area contributed by atoms with Crippen molar-refractivity contribution in [1.82, 2.24) is 25.1 Å². The Morgan fingerprint density at radius 2 is 1.62 bits per heavy atom. The Labute approximate surface area is 229 Å². The minimum atomic E-state index is 0.549. The first kappa shape index (κ1) is 24.4. The van der Waals surface area contributed by atoms with Crippen molar-refractivity contribution in [3.8, 4) is 11.5 Å². The van der Waals surface area contributed by atoms with E-state index in [0.717, 1.165) is 58.1 Å². The summed E-state index contributed by atoms with van der Waals surface area (Å²) in [6.45, 7) is 5.96. The van der Waals surface area contributed by atoms with Gasteiger partial charge in [-0.05, 0) is 80.2 Å². The van der Waals surface area contributed by atoms with Gasteiger partial charge in [0.2, 0.25) is 0 Å². The van der Waals surface area contributed by atoms with Crippen molar-refractivity contribution in [3.63, 3.8) is 0 Å². The van der Waals surface area contributed by atoms with E-state index in [-0.39, 0.29) is 0 Å². The average molecular weight is 521 g/mol. The van der Waals surface area contributed by atoms with Gasteiger partial charge in [0.1, 0.15) is 5.69 Å². The average Bonchev–Trinajstić information content (AvgIpc) is 3.62. The van der Waals surface area contributed by atoms with Crippen LogP contribution in [0.3, 0.4) is 0 Å². The number of nitrogens with zero attached hydrogens (tertiary/aromatic N) is 4. The third-order valence-electron chi connectivity index (χ3n) is 8.43. The predicted molar refractivity (Wildman–Crippen MR) is 157 cm³/mol. The highest BCUT2D eigenvalue weighted by Gasteiger charge is 2.26. The van der Waals surface area contributed by atoms with Gasteiger partial charge in [-0.25, -0.2) is 4.98 Å². The number of benzene rings is 3. The van der Waals surface area contributed by atoms with Gasteiger partial charge >= 0.3 is 0 Å². The molecule has 5 aromatic rings. The Kier molecular flexibility index (Phi) is 6.77. The van der Waals surface area contributed by atoms with Crippen LogP contribution in [-0.2, 0) is 18.0 Å². The smallest absolute Gasteiger partial charge is 0.159 e. The first-order chi connectivity index (χ1) is 19.3. The number of nitrogens with one attached hydrogen (secondary N) is 2. The molecule has 2 aliphatic heterocycles. The molecule has 2 aliphatic rings. The molecule has 0 radical (unpaired) electrons. The van der Waals surface area contributed by atoms with Crippen LogP contribution in [0.4, 0.5) is 5.69 Å². The highest BCUT2D eigenvalue weighted by Crippen LogP contribution is 2.30. The molecule has 7 rings (SSSR count). The van der Waals surface area contributed by atoms with E-state index in [0.29, 0.717) is 13.2 Å². The molecule has 2 fully saturated rings. The van der Waals surface area contributed by atoms with Gasteiger partial charge in [-0.1, -0.05) is 42.8 Å². The van der Waals surface area contributed by atoms with Crippen LogP contribution in [0.15, 0.2) is 66.7 Å². The summed E-state index contributed by atoms with van der Waals surface area (Å²) in [6.07, 6.45) is 6.65. The molecular weight excluding hydrogens is 484 g/mol. The fourth-order valence-corrected chi connectivity index (χ4v) is 6.27. The third-order valence-corrected chi connectivity index (χ3v) is 8.43. The molecule has 0 bridgehead atoms. The first-order valence-corrected chi connectivity index (χ1v) is 14.4. The first-order valence-electron chi connectivity index (χ1n) is 14.4. The molecule has 7 heteroatoms. The molecule has 39 heavy (non-hydrogen) atoms. The predicted octanol–water partition coefficient (Wildman–Crippen LogP) is 6.28. The van der Waals surface area contributed by atoms with Crippen molar-refractivity contribution in [2.24, 2.45) is 0 Å². The quantitative estimate of drug-likeness (QED) is 0.264. The summed E-state index contributed by atoms with van der Waals surface area (Å²) in [5.41, 5.74) is 7.43. The number of rotatable bonds is 7. The maximum atomic E-state index is 5.98. The third kappa shape index (κ3) is 5.16. The Morgan fingerprint density at radius 1 is 0.795 bits per heavy atom. The molecule has 3 aromatic carbocycles. The summed E-state index contributed by atoms with van der Waals surface area (Å²) in [7, 11) is 0. The van der Waals surface area contributed by atoms with Crippen molar-refractivity contribution in [2.45, 2.75) is 51.4 Å². The fraction of sp³-hybridized carbons (Fsp3) is 0.375. The molecule has 2 aromatic heterocycles. The Balaban J connectivity index is 1.06. The van der Waals surface area contributed by atoms with E-state index in [1.54, 1.807) is 0 Å². The zero-order valence-electron chi connectivity index (χ0n) is 22.4. The standard InChI is InChI=1S/C32H36N6O/c1-3-7-23(8-4-1)21-39-22-24-9-11-28-27(19-24)31(36-35-28)32-33-29-12-10-26(20-30(29)34-32)38-17-13-25(14-18-38)37-15-5-2-6-16-37/h1,3-4,7-12,19-20,25H,2,5-6,13-18,21-22H2,(H,33,34)(H,35,36). The molecule has 0 saturated carbocycles. The van der Waals surface area contributed by atoms with E-state index >= 15 is 0 Å². The Morgan fingerprint density at radius 3 is 2.46 bits per heavy atom. The molecule has 2 saturated heterocycles. The highest BCUT2D eigenvalue weighted by molar-refractivity contribution is 5.93. The number of piperidine rings is 2. The number of hydrogen-bond donors (Lipinski definition) is 2. The second-order valence-corrected chi connectivity index (χ2v) is 11.0. The van der Waals surface area contributed by atoms with E-state index in [2.05, 4.69) is 73.5 Å². The van der Waals surface area contributed by atoms with Crippen molar-refractivity contribution in [2.75, 3.05) is 31.1 Å². The number of imidazole rings is 1. The second kappa shape index (κ2) is 10.8. The second-order valence-electron chi connectivity index (χ2n) is 11.0. The van der Waals surface area contributed by atoms with E-state index in [1.165, 1.54) is 56.4 Å². The maximum absolute atomic E-state index is 5.98. The van der Waals surface area contributed by atoms with Crippen molar-refractivity contribution >= 4 is 27.6 Å². The van der Waals surface area contributed by atoms with Crippen LogP contribution in [0.25, 0.3) is 33.5 Å². The van der Waals surface area contributed by atoms with Gasteiger partial charge in [0.15, 0.2) is 5.82 Å². The van der Waals surface area contributed by atoms with Gasteiger partial charge in [0.05, 0.1) is 29.8 Å². The molecule has 0 unspecified atom stereocenters. The van der Waals surface area contributed by atoms with Crippen molar-refractivity contribution < 1.29 is 4.74 Å². The summed E-state index contributed by atoms with van der Waals surface area (Å²) >= 11 is 0. The number of H-pyrrole nitrogens is 2. The Hall–Kier alpha value is -3.68. The fourth-order valence-electron chi connectivity index (χ4n) is 6.27. The molecule has 0 atom stereocenters. The van der Waals surface area contributed by atoms with Crippen LogP contribution in [0.2, 0.25) is 0 Å². The van der Waals surface area contributed by atoms with Crippen molar-refractivity contribution in [3.05, 3.63) is 77.9 Å². The van der Waals surface area contributed by atoms with E-state index in [4.69, 9.17) is 9.72 Å². The van der Waals surface area contributed by atoms with E-state index < -0.39 is 0 Å². The minimum Gasteiger partial charge on any atom is -0.372 e. The number of hydrogen-bond acceptors (Lipinski definition) is 5. The van der Waals surface area contributed by atoms with Gasteiger partial charge < -0.3 is 19.5 Å². The zero-order chi connectivity index (χ0) is 26.0. The number of likely N-dealkylation sites (tertiary alicyclic amines) is 1. The van der Waals surface area contributed by atoms with Gasteiger partial charge in [-0.2, -0.15) is 5.10 Å². The van der Waals surface area contributed by atoms with Crippen LogP contribution in [0.5, 0.6) is 0 Å². The van der Waals surface area contributed by atoms with E-state index in [1.807, 2.05) is 18.2 Å². The Bertz CT molecular complexity index is 1540. The minimum absolute atomic E-state index is 0.549. The van der Waals surface area contributed by atoms with Gasteiger partial charge in [0, 0.05) is 30.2 Å². The van der Waals surface area contributed by atoms with Crippen LogP contribution in [0, 0.1) is 0 Å². The van der Waals surface area contributed by atoms with Crippen molar-refractivity contribution in [1.29, 1.82) is 0 Å². The molecule has 7 nitrogen and oxygen atoms in total. The van der Waals surface area contributed by atoms with Crippen LogP contribution in [-0.4, -0.2) is 57.3 Å². The molecule has 0 amide bonds. The largest absolute Gasteiger partial charge is 0.372 e. The summed E-state index contributed by atoms with van der Waals surface area (Å²) in [5, 5.41) is 8.84. The maximum Gasteiger partial charge on any atom is 0.159 e. The molecule has 2 N–H and O–H groups in total. The summed E-state index contributed by atoms with van der Waals surface area (Å²) in [5.74, 6) is 0.791. The molecule has 0 aliphatic carbocycles. The molecule has 4 heterocycles. The lowest BCUT2D eigenvalue weighted by atomic mass is 9.99. The van der Waals surface area contributed by atoms with E-state index in [9.17, 15) is 0 Å². The number of fused-ring (bicyclic) bond motifs is 2. The normalized spacial score (nSPS) is 17.4. The lowest BCUT2D eigenvalue weighted by Crippen LogP contribution is -2.46. The summed E-state index contributed by atoms with van der Waals surface area (Å²) in [6, 6.07) is 24.0. The van der Waals surface area contributed by atoms with Gasteiger partial charge in [-0.15, -0.1) is 0 Å². The topological polar surface area (TPSA) is 73.1 Å². The van der Waals surface area contributed by atoms with Gasteiger partial charge in [-0.3, -0.25) is 5.10 Å². The monoisotopic (exact) mass is 520 g/mol. The molecule has 0 spiro atoms. The number of ether oxygens (including phenoxy) is 1. The zero-order valence-corrected chi connectivity index (χ0v) is 22.4. The summed E-state index contributed by atoms with van der Waals surface area (Å²) < 4.78 is 5.98. The van der Waals surface area contributed by atoms with Crippen LogP contribution >= 0.6 is 0 Å². The summed E-state index contributed by atoms with van der Waals surface area (Å²) in [4.78, 5) is 13.7. The van der Waals surface area contributed by atoms with Gasteiger partial charge in [0.25, 0.3) is 0 Å². The lowest BCUT2D eigenvalue weighted by molar-refractivity contribution is 0.107. The SMILES string of the molecule is c1ccc(COCc2ccc3[nH]nc(-c4nc5ccc(N6CCC(N7CCCCC7)CC6)cc5[nH]4)c3c2)cc1. The molecule has 200 valence electrons. The lowest BCUT2D eigenvalue weighted by Gasteiger charge is -2.41. The number of anilines is 1. The number of aromatic amines is 2. The van der Waals surface area contributed by atoms with Crippen LogP contribution in [0.1, 0.15) is 43.2 Å².